The van der Waals surface area contributed by atoms with E-state index in [4.69, 9.17) is 9.47 Å². The lowest BCUT2D eigenvalue weighted by molar-refractivity contribution is -0.0505. The van der Waals surface area contributed by atoms with Gasteiger partial charge in [-0.2, -0.15) is 8.78 Å². The maximum absolute atomic E-state index is 12.7. The molecule has 0 saturated carbocycles. The summed E-state index contributed by atoms with van der Waals surface area (Å²) in [6, 6.07) is 3.04. The molecule has 0 amide bonds. The number of ether oxygens (including phenoxy) is 3. The van der Waals surface area contributed by atoms with Crippen LogP contribution in [0.4, 0.5) is 8.78 Å². The SMILES string of the molecule is CN=C(NCc1cc2c(cc1OC(F)F)OCO2)NCC(C)(C)N(C)C.I. The molecule has 2 N–H and O–H groups in total. The van der Waals surface area contributed by atoms with E-state index < -0.39 is 6.61 Å². The number of nitrogens with one attached hydrogen (secondary N) is 2. The van der Waals surface area contributed by atoms with E-state index in [1.54, 1.807) is 13.1 Å². The topological polar surface area (TPSA) is 67.4 Å². The Morgan fingerprint density at radius 2 is 1.89 bits per heavy atom. The van der Waals surface area contributed by atoms with E-state index >= 15 is 0 Å². The molecule has 0 unspecified atom stereocenters. The standard InChI is InChI=1S/C17H26F2N4O3.HI/c1-17(2,23(4)5)9-22-16(20-3)21-8-11-6-13-14(25-10-24-13)7-12(11)26-15(18)19;/h6-7,15H,8-10H2,1-5H3,(H2,20,21,22);1H. The van der Waals surface area contributed by atoms with E-state index in [2.05, 4.69) is 39.1 Å². The van der Waals surface area contributed by atoms with Crippen LogP contribution in [0.3, 0.4) is 0 Å². The number of halogens is 3. The van der Waals surface area contributed by atoms with Gasteiger partial charge in [-0.1, -0.05) is 0 Å². The first-order chi connectivity index (χ1) is 12.2. The van der Waals surface area contributed by atoms with E-state index in [1.165, 1.54) is 6.07 Å². The van der Waals surface area contributed by atoms with Crippen molar-refractivity contribution in [1.82, 2.24) is 15.5 Å². The van der Waals surface area contributed by atoms with Crippen LogP contribution in [0.2, 0.25) is 0 Å². The summed E-state index contributed by atoms with van der Waals surface area (Å²) in [5, 5.41) is 6.33. The van der Waals surface area contributed by atoms with Gasteiger partial charge in [0.25, 0.3) is 0 Å². The molecule has 1 aromatic rings. The summed E-state index contributed by atoms with van der Waals surface area (Å²) in [6.07, 6.45) is 0. The second-order valence-electron chi connectivity index (χ2n) is 6.68. The van der Waals surface area contributed by atoms with Crippen molar-refractivity contribution in [2.45, 2.75) is 32.5 Å². The highest BCUT2D eigenvalue weighted by atomic mass is 127. The highest BCUT2D eigenvalue weighted by Gasteiger charge is 2.22. The van der Waals surface area contributed by atoms with Crippen molar-refractivity contribution in [2.24, 2.45) is 4.99 Å². The molecule has 0 atom stereocenters. The van der Waals surface area contributed by atoms with Crippen molar-refractivity contribution in [3.8, 4) is 17.2 Å². The summed E-state index contributed by atoms with van der Waals surface area (Å²) in [5.41, 5.74) is 0.435. The predicted molar refractivity (Wildman–Crippen MR) is 111 cm³/mol. The van der Waals surface area contributed by atoms with Crippen LogP contribution in [-0.2, 0) is 6.54 Å². The number of hydrogen-bond acceptors (Lipinski definition) is 5. The van der Waals surface area contributed by atoms with Gasteiger partial charge in [0.2, 0.25) is 6.79 Å². The van der Waals surface area contributed by atoms with Crippen LogP contribution in [0, 0.1) is 0 Å². The van der Waals surface area contributed by atoms with Gasteiger partial charge in [-0.05, 0) is 34.0 Å². The van der Waals surface area contributed by atoms with Gasteiger partial charge >= 0.3 is 6.61 Å². The Labute approximate surface area is 175 Å². The van der Waals surface area contributed by atoms with Crippen molar-refractivity contribution >= 4 is 29.9 Å². The Balaban J connectivity index is 0.00000364. The summed E-state index contributed by atoms with van der Waals surface area (Å²) >= 11 is 0. The number of guanidine groups is 1. The van der Waals surface area contributed by atoms with Crippen molar-refractivity contribution in [3.63, 3.8) is 0 Å². The fraction of sp³-hybridized carbons (Fsp3) is 0.588. The minimum absolute atomic E-state index is 0. The van der Waals surface area contributed by atoms with Gasteiger partial charge in [0.15, 0.2) is 17.5 Å². The highest BCUT2D eigenvalue weighted by Crippen LogP contribution is 2.38. The third-order valence-corrected chi connectivity index (χ3v) is 4.34. The first-order valence-electron chi connectivity index (χ1n) is 8.22. The number of fused-ring (bicyclic) bond motifs is 1. The lowest BCUT2D eigenvalue weighted by Gasteiger charge is -2.33. The molecule has 1 aliphatic rings. The van der Waals surface area contributed by atoms with Crippen LogP contribution in [0.5, 0.6) is 17.2 Å². The molecule has 0 aromatic heterocycles. The summed E-state index contributed by atoms with van der Waals surface area (Å²) in [5.74, 6) is 1.49. The van der Waals surface area contributed by atoms with Crippen molar-refractivity contribution < 1.29 is 23.0 Å². The van der Waals surface area contributed by atoms with E-state index in [1.807, 2.05) is 14.1 Å². The Bertz CT molecular complexity index is 657. The van der Waals surface area contributed by atoms with E-state index in [-0.39, 0.29) is 48.6 Å². The number of rotatable bonds is 7. The van der Waals surface area contributed by atoms with Crippen LogP contribution in [-0.4, -0.2) is 57.5 Å². The first kappa shape index (κ1) is 23.5. The molecule has 0 spiro atoms. The molecule has 2 rings (SSSR count). The van der Waals surface area contributed by atoms with E-state index in [0.29, 0.717) is 29.6 Å². The molecular weight excluding hydrogens is 473 g/mol. The molecular formula is C17H27F2IN4O3. The van der Waals surface area contributed by atoms with Gasteiger partial charge in [-0.25, -0.2) is 0 Å². The molecule has 0 fully saturated rings. The first-order valence-corrected chi connectivity index (χ1v) is 8.22. The smallest absolute Gasteiger partial charge is 0.387 e. The second-order valence-corrected chi connectivity index (χ2v) is 6.68. The van der Waals surface area contributed by atoms with Gasteiger partial charge in [0.05, 0.1) is 0 Å². The molecule has 0 bridgehead atoms. The normalized spacial score (nSPS) is 13.6. The lowest BCUT2D eigenvalue weighted by Crippen LogP contribution is -2.50. The van der Waals surface area contributed by atoms with Crippen molar-refractivity contribution in [3.05, 3.63) is 17.7 Å². The third-order valence-electron chi connectivity index (χ3n) is 4.34. The van der Waals surface area contributed by atoms with Gasteiger partial charge in [0.1, 0.15) is 5.75 Å². The molecule has 7 nitrogen and oxygen atoms in total. The highest BCUT2D eigenvalue weighted by molar-refractivity contribution is 14.0. The zero-order valence-electron chi connectivity index (χ0n) is 16.1. The lowest BCUT2D eigenvalue weighted by atomic mass is 10.0. The van der Waals surface area contributed by atoms with Crippen LogP contribution < -0.4 is 24.8 Å². The largest absolute Gasteiger partial charge is 0.454 e. The Kier molecular flexibility index (Phi) is 8.79. The summed E-state index contributed by atoms with van der Waals surface area (Å²) in [7, 11) is 5.64. The molecule has 1 aliphatic heterocycles. The fourth-order valence-electron chi connectivity index (χ4n) is 2.17. The minimum Gasteiger partial charge on any atom is -0.454 e. The van der Waals surface area contributed by atoms with Crippen molar-refractivity contribution in [2.75, 3.05) is 34.5 Å². The zero-order chi connectivity index (χ0) is 19.3. The maximum Gasteiger partial charge on any atom is 0.387 e. The number of alkyl halides is 2. The van der Waals surface area contributed by atoms with E-state index in [0.717, 1.165) is 0 Å². The zero-order valence-corrected chi connectivity index (χ0v) is 18.5. The number of hydrogen-bond donors (Lipinski definition) is 2. The summed E-state index contributed by atoms with van der Waals surface area (Å²) in [4.78, 5) is 6.26. The van der Waals surface area contributed by atoms with Gasteiger partial charge < -0.3 is 29.7 Å². The maximum atomic E-state index is 12.7. The quantitative estimate of drug-likeness (QED) is 0.341. The Hall–Kier alpha value is -1.56. The number of likely N-dealkylation sites (N-methyl/N-ethyl adjacent to an activating group) is 1. The second kappa shape index (κ2) is 10.1. The average Bonchev–Trinajstić information content (AvgIpc) is 3.01. The predicted octanol–water partition coefficient (Wildman–Crippen LogP) is 2.64. The Morgan fingerprint density at radius 3 is 2.44 bits per heavy atom. The van der Waals surface area contributed by atoms with Gasteiger partial charge in [-0.3, -0.25) is 4.99 Å². The third kappa shape index (κ3) is 6.52. The molecule has 0 radical (unpaired) electrons. The van der Waals surface area contributed by atoms with Crippen molar-refractivity contribution in [1.29, 1.82) is 0 Å². The minimum atomic E-state index is -2.92. The van der Waals surface area contributed by atoms with Gasteiger partial charge in [0, 0.05) is 37.3 Å². The summed E-state index contributed by atoms with van der Waals surface area (Å²) < 4.78 is 40.5. The number of benzene rings is 1. The van der Waals surface area contributed by atoms with Crippen LogP contribution in [0.15, 0.2) is 17.1 Å². The van der Waals surface area contributed by atoms with Crippen LogP contribution in [0.1, 0.15) is 19.4 Å². The van der Waals surface area contributed by atoms with Gasteiger partial charge in [-0.15, -0.1) is 24.0 Å². The molecule has 154 valence electrons. The molecule has 0 aliphatic carbocycles. The molecule has 0 saturated heterocycles. The van der Waals surface area contributed by atoms with Crippen LogP contribution >= 0.6 is 24.0 Å². The molecule has 1 aromatic carbocycles. The monoisotopic (exact) mass is 500 g/mol. The number of nitrogens with zero attached hydrogens (tertiary/aromatic N) is 2. The number of aliphatic imine (C=N–C) groups is 1. The molecule has 27 heavy (non-hydrogen) atoms. The Morgan fingerprint density at radius 1 is 1.26 bits per heavy atom. The van der Waals surface area contributed by atoms with Crippen LogP contribution in [0.25, 0.3) is 0 Å². The van der Waals surface area contributed by atoms with E-state index in [9.17, 15) is 8.78 Å². The molecule has 10 heteroatoms. The summed E-state index contributed by atoms with van der Waals surface area (Å²) in [6.45, 7) is 2.22. The molecule has 1 heterocycles. The fourth-order valence-corrected chi connectivity index (χ4v) is 2.17. The average molecular weight is 500 g/mol.